The van der Waals surface area contributed by atoms with Crippen LogP contribution in [-0.4, -0.2) is 144 Å². The van der Waals surface area contributed by atoms with Gasteiger partial charge in [-0.2, -0.15) is 0 Å². The molecule has 0 aromatic heterocycles. The molecule has 18 heteroatoms. The first-order valence-corrected chi connectivity index (χ1v) is 30.8. The van der Waals surface area contributed by atoms with Crippen LogP contribution in [0.2, 0.25) is 20.2 Å². The first-order valence-electron chi connectivity index (χ1n) is 27.1. The third-order valence-corrected chi connectivity index (χ3v) is 25.8. The van der Waals surface area contributed by atoms with Gasteiger partial charge in [-0.3, -0.25) is 0 Å². The molecule has 0 saturated carbocycles. The van der Waals surface area contributed by atoms with Gasteiger partial charge in [-0.1, -0.05) is 121 Å². The van der Waals surface area contributed by atoms with Crippen molar-refractivity contribution in [3.05, 3.63) is 84.0 Å². The van der Waals surface area contributed by atoms with Gasteiger partial charge in [0, 0.05) is 64.1 Å². The van der Waals surface area contributed by atoms with Gasteiger partial charge in [0.15, 0.2) is 0 Å². The van der Waals surface area contributed by atoms with Crippen molar-refractivity contribution in [2.75, 3.05) is 48.8 Å². The number of hydrogen-bond acceptors (Lipinski definition) is 16. The molecule has 16 nitrogen and oxygen atoms in total. The lowest BCUT2D eigenvalue weighted by Crippen LogP contribution is -2.68. The summed E-state index contributed by atoms with van der Waals surface area (Å²) in [4.78, 5) is 23.8. The maximum absolute atomic E-state index is 11.9. The first kappa shape index (κ1) is 64.3. The molecule has 0 unspecified atom stereocenters. The highest BCUT2D eigenvalue weighted by atomic mass is 28.4. The summed E-state index contributed by atoms with van der Waals surface area (Å²) in [5.41, 5.74) is 1.95. The molecule has 434 valence electrons. The van der Waals surface area contributed by atoms with Crippen LogP contribution >= 0.6 is 0 Å². The lowest BCUT2D eigenvalue weighted by molar-refractivity contribution is -0.224. The third-order valence-electron chi connectivity index (χ3n) is 15.5. The molecule has 0 amide bonds. The molecule has 4 heterocycles. The first-order chi connectivity index (χ1) is 36.0. The number of carbonyl (C=O) groups is 2. The van der Waals surface area contributed by atoms with Crippen LogP contribution in [0, 0.1) is 11.8 Å². The minimum Gasteiger partial charge on any atom is -0.497 e. The Morgan fingerprint density at radius 1 is 0.571 bits per heavy atom. The van der Waals surface area contributed by atoms with E-state index in [9.17, 15) is 14.7 Å². The Morgan fingerprint density at radius 2 is 0.935 bits per heavy atom. The van der Waals surface area contributed by atoms with Gasteiger partial charge in [-0.25, -0.2) is 9.59 Å². The van der Waals surface area contributed by atoms with Gasteiger partial charge in [0.1, 0.15) is 23.7 Å². The number of aliphatic hydroxyl groups excluding tert-OH is 1. The zero-order valence-electron chi connectivity index (χ0n) is 49.7. The van der Waals surface area contributed by atoms with Crippen molar-refractivity contribution in [3.63, 3.8) is 0 Å². The maximum Gasteiger partial charge on any atom is 0.349 e. The van der Waals surface area contributed by atoms with Crippen molar-refractivity contribution in [1.29, 1.82) is 0 Å². The quantitative estimate of drug-likeness (QED) is 0.0899. The lowest BCUT2D eigenvalue weighted by atomic mass is 9.87. The van der Waals surface area contributed by atoms with E-state index in [0.29, 0.717) is 39.3 Å². The lowest BCUT2D eigenvalue weighted by Gasteiger charge is -2.57. The minimum absolute atomic E-state index is 0.109. The molecule has 4 fully saturated rings. The van der Waals surface area contributed by atoms with E-state index in [-0.39, 0.29) is 68.6 Å². The molecule has 2 aromatic carbocycles. The summed E-state index contributed by atoms with van der Waals surface area (Å²) >= 11 is 0. The van der Waals surface area contributed by atoms with E-state index in [4.69, 9.17) is 60.3 Å². The molecule has 6 rings (SSSR count). The van der Waals surface area contributed by atoms with E-state index in [1.807, 2.05) is 55.5 Å². The van der Waals surface area contributed by atoms with E-state index in [2.05, 4.69) is 90.0 Å². The highest BCUT2D eigenvalue weighted by Crippen LogP contribution is 2.57. The number of rotatable bonds is 17. The Bertz CT molecular complexity index is 2200. The fourth-order valence-electron chi connectivity index (χ4n) is 11.7. The van der Waals surface area contributed by atoms with Crippen LogP contribution in [0.5, 0.6) is 11.5 Å². The highest BCUT2D eigenvalue weighted by molar-refractivity contribution is 6.74. The predicted molar refractivity (Wildman–Crippen MR) is 299 cm³/mol. The van der Waals surface area contributed by atoms with Gasteiger partial charge in [0.2, 0.25) is 0 Å². The second-order valence-electron chi connectivity index (χ2n) is 25.0. The smallest absolute Gasteiger partial charge is 0.349 e. The Hall–Kier alpha value is -3.51. The molecule has 0 bridgehead atoms. The Labute approximate surface area is 462 Å². The Kier molecular flexibility index (Phi) is 22.4. The molecule has 4 saturated heterocycles. The average Bonchev–Trinajstić information content (AvgIpc) is 3.38. The van der Waals surface area contributed by atoms with Crippen LogP contribution in [0.15, 0.2) is 72.8 Å². The average molecular weight is 1120 g/mol. The van der Waals surface area contributed by atoms with Gasteiger partial charge < -0.3 is 65.4 Å². The van der Waals surface area contributed by atoms with Crippen LogP contribution in [0.25, 0.3) is 0 Å². The Morgan fingerprint density at radius 3 is 1.29 bits per heavy atom. The standard InChI is InChI=1S/C30H48O8Si.C29H46O8Si/c1-20(23(15-16-27(31)34-10)35-18-21-11-13-22(32-8)14-12-21)28-25(33-9)17-24-26(37-28)19-36-39(38-24,29(2,3)4)30(5,6)7;1-19(23(14-15-26(31)33-9)34-17-20-10-12-21(32-8)13-11-20)27-22(30)16-24-25(36-27)18-35-38(37-24,28(2,3)4)29(5,6)7/h11-16,20,23-26,28H,17-19H2,1-10H3;10-15,19,22-25,27,30H,16-18H2,1-9H3/b16-15+;15-14+/t20-,23+,24-,25+,26-,28+;19-,22+,23+,24-,25-,27+/m11/s1. The molecule has 4 aliphatic rings. The van der Waals surface area contributed by atoms with E-state index in [0.717, 1.165) is 22.6 Å². The number of methoxy groups -OCH3 is 5. The zero-order valence-corrected chi connectivity index (χ0v) is 51.7. The fraction of sp³-hybridized carbons (Fsp3) is 0.695. The second-order valence-corrected chi connectivity index (χ2v) is 34.5. The highest BCUT2D eigenvalue weighted by Gasteiger charge is 2.65. The van der Waals surface area contributed by atoms with Crippen molar-refractivity contribution in [3.8, 4) is 11.5 Å². The van der Waals surface area contributed by atoms with Gasteiger partial charge >= 0.3 is 29.1 Å². The summed E-state index contributed by atoms with van der Waals surface area (Å²) < 4.78 is 78.8. The van der Waals surface area contributed by atoms with Crippen LogP contribution < -0.4 is 9.47 Å². The molecule has 0 spiro atoms. The van der Waals surface area contributed by atoms with E-state index in [1.54, 1.807) is 33.5 Å². The second kappa shape index (κ2) is 26.8. The SMILES string of the molecule is COC(=O)/C=C/[C@H](OCc1ccc(OC)cc1)[C@@H](C)[C@@H]1O[C@@H]2CO[Si](C(C)(C)C)(C(C)(C)C)O[C@@H]2C[C@@H]1O.COC(=O)/C=C/[C@H](OCc1ccc(OC)cc1)[C@@H](C)[C@@H]1O[C@@H]2CO[Si](C(C)(C)C)(C(C)(C)C)O[C@@H]2C[C@@H]1OC. The van der Waals surface area contributed by atoms with Gasteiger partial charge in [0.05, 0.1) is 104 Å². The van der Waals surface area contributed by atoms with E-state index >= 15 is 0 Å². The van der Waals surface area contributed by atoms with Crippen LogP contribution in [0.3, 0.4) is 0 Å². The van der Waals surface area contributed by atoms with Gasteiger partial charge in [-0.15, -0.1) is 0 Å². The summed E-state index contributed by atoms with van der Waals surface area (Å²) in [6.45, 7) is 31.9. The molecule has 12 atom stereocenters. The fourth-order valence-corrected chi connectivity index (χ4v) is 21.6. The van der Waals surface area contributed by atoms with Crippen LogP contribution in [0.1, 0.15) is 121 Å². The number of ether oxygens (including phenoxy) is 9. The van der Waals surface area contributed by atoms with E-state index < -0.39 is 53.5 Å². The number of esters is 2. The number of fused-ring (bicyclic) bond motifs is 2. The summed E-state index contributed by atoms with van der Waals surface area (Å²) in [6.07, 6.45) is 3.79. The third kappa shape index (κ3) is 15.5. The molecule has 0 radical (unpaired) electrons. The number of benzene rings is 2. The van der Waals surface area contributed by atoms with Crippen molar-refractivity contribution < 1.29 is 75.0 Å². The predicted octanol–water partition coefficient (Wildman–Crippen LogP) is 10.5. The largest absolute Gasteiger partial charge is 0.497 e. The maximum atomic E-state index is 11.9. The molecular weight excluding hydrogens is 1020 g/mol. The van der Waals surface area contributed by atoms with Crippen LogP contribution in [0.4, 0.5) is 0 Å². The number of aliphatic hydroxyl groups is 1. The Balaban J connectivity index is 0.000000284. The van der Waals surface area contributed by atoms with Crippen LogP contribution in [-0.2, 0) is 73.7 Å². The van der Waals surface area contributed by atoms with Crippen molar-refractivity contribution in [2.24, 2.45) is 11.8 Å². The van der Waals surface area contributed by atoms with Crippen molar-refractivity contribution in [2.45, 2.75) is 204 Å². The van der Waals surface area contributed by atoms with Crippen molar-refractivity contribution in [1.82, 2.24) is 0 Å². The summed E-state index contributed by atoms with van der Waals surface area (Å²) in [5, 5.41) is 10.7. The molecular formula is C59H94O16Si2. The monoisotopic (exact) mass is 1110 g/mol. The van der Waals surface area contributed by atoms with E-state index in [1.165, 1.54) is 26.4 Å². The van der Waals surface area contributed by atoms with Gasteiger partial charge in [-0.05, 0) is 47.5 Å². The molecule has 1 N–H and O–H groups in total. The number of hydrogen-bond donors (Lipinski definition) is 1. The van der Waals surface area contributed by atoms with Crippen molar-refractivity contribution >= 4 is 29.1 Å². The molecule has 77 heavy (non-hydrogen) atoms. The normalized spacial score (nSPS) is 27.2. The van der Waals surface area contributed by atoms with Gasteiger partial charge in [0.25, 0.3) is 0 Å². The molecule has 0 aliphatic carbocycles. The summed E-state index contributed by atoms with van der Waals surface area (Å²) in [6, 6.07) is 15.3. The zero-order chi connectivity index (χ0) is 57.3. The molecule has 4 aliphatic heterocycles. The molecule has 2 aromatic rings. The number of carbonyl (C=O) groups excluding carboxylic acids is 2. The minimum atomic E-state index is -2.67. The summed E-state index contributed by atoms with van der Waals surface area (Å²) in [7, 11) is 2.37. The summed E-state index contributed by atoms with van der Waals surface area (Å²) in [5.74, 6) is 0.236. The topological polar surface area (TPSA) is 174 Å².